The molecule has 4 rings (SSSR count). The van der Waals surface area contributed by atoms with Crippen molar-refractivity contribution in [2.45, 2.75) is 85.2 Å². The maximum absolute atomic E-state index is 13.3. The number of ether oxygens (including phenoxy) is 1. The van der Waals surface area contributed by atoms with Gasteiger partial charge in [0.25, 0.3) is 0 Å². The Labute approximate surface area is 156 Å². The summed E-state index contributed by atoms with van der Waals surface area (Å²) in [6, 6.07) is 0. The predicted molar refractivity (Wildman–Crippen MR) is 97.3 cm³/mol. The van der Waals surface area contributed by atoms with Crippen molar-refractivity contribution < 1.29 is 19.1 Å². The average Bonchev–Trinajstić information content (AvgIpc) is 2.84. The largest absolute Gasteiger partial charge is 0.463 e. The van der Waals surface area contributed by atoms with Gasteiger partial charge in [0.05, 0.1) is 0 Å². The molecule has 0 aliphatic heterocycles. The molecule has 7 atom stereocenters. The summed E-state index contributed by atoms with van der Waals surface area (Å²) >= 11 is 0. The summed E-state index contributed by atoms with van der Waals surface area (Å²) in [5, 5.41) is 0. The van der Waals surface area contributed by atoms with Gasteiger partial charge in [-0.05, 0) is 61.2 Å². The van der Waals surface area contributed by atoms with Gasteiger partial charge in [0.1, 0.15) is 17.7 Å². The number of carbonyl (C=O) groups is 3. The van der Waals surface area contributed by atoms with Gasteiger partial charge in [-0.1, -0.05) is 20.8 Å². The van der Waals surface area contributed by atoms with E-state index in [-0.39, 0.29) is 40.2 Å². The van der Waals surface area contributed by atoms with Crippen molar-refractivity contribution in [2.75, 3.05) is 0 Å². The van der Waals surface area contributed by atoms with Crippen LogP contribution >= 0.6 is 0 Å². The second-order valence-electron chi connectivity index (χ2n) is 10.3. The van der Waals surface area contributed by atoms with Gasteiger partial charge in [0, 0.05) is 31.1 Å². The first-order chi connectivity index (χ1) is 12.1. The molecule has 4 heteroatoms. The van der Waals surface area contributed by atoms with E-state index in [0.717, 1.165) is 38.5 Å². The van der Waals surface area contributed by atoms with Crippen LogP contribution < -0.4 is 0 Å². The van der Waals surface area contributed by atoms with Gasteiger partial charge in [-0.3, -0.25) is 14.4 Å². The highest BCUT2D eigenvalue weighted by atomic mass is 16.5. The number of carbonyl (C=O) groups excluding carboxylic acids is 3. The van der Waals surface area contributed by atoms with Crippen LogP contribution in [0.4, 0.5) is 0 Å². The van der Waals surface area contributed by atoms with Crippen LogP contribution in [0.5, 0.6) is 0 Å². The third kappa shape index (κ3) is 2.29. The normalized spacial score (nSPS) is 50.6. The minimum atomic E-state index is -0.268. The molecule has 0 N–H and O–H groups in total. The Hall–Kier alpha value is -1.19. The Balaban J connectivity index is 1.66. The summed E-state index contributed by atoms with van der Waals surface area (Å²) in [7, 11) is 0. The van der Waals surface area contributed by atoms with Crippen LogP contribution in [0.2, 0.25) is 0 Å². The average molecular weight is 360 g/mol. The molecule has 0 heterocycles. The van der Waals surface area contributed by atoms with Crippen molar-refractivity contribution in [2.24, 2.45) is 34.0 Å². The zero-order chi connectivity index (χ0) is 18.9. The smallest absolute Gasteiger partial charge is 0.302 e. The molecule has 0 saturated heterocycles. The summed E-state index contributed by atoms with van der Waals surface area (Å²) in [5.41, 5.74) is -0.287. The first-order valence-corrected chi connectivity index (χ1v) is 10.3. The quantitative estimate of drug-likeness (QED) is 0.661. The van der Waals surface area contributed by atoms with E-state index in [2.05, 4.69) is 20.8 Å². The number of hydrogen-bond acceptors (Lipinski definition) is 4. The molecule has 7 unspecified atom stereocenters. The van der Waals surface area contributed by atoms with Crippen molar-refractivity contribution >= 4 is 17.5 Å². The maximum atomic E-state index is 13.3. The highest BCUT2D eigenvalue weighted by Crippen LogP contribution is 2.68. The van der Waals surface area contributed by atoms with Crippen LogP contribution in [0.15, 0.2) is 0 Å². The van der Waals surface area contributed by atoms with Crippen LogP contribution in [0.1, 0.15) is 79.1 Å². The maximum Gasteiger partial charge on any atom is 0.302 e. The van der Waals surface area contributed by atoms with Gasteiger partial charge in [-0.2, -0.15) is 0 Å². The second-order valence-corrected chi connectivity index (χ2v) is 10.3. The summed E-state index contributed by atoms with van der Waals surface area (Å²) < 4.78 is 5.53. The molecule has 4 aliphatic carbocycles. The Morgan fingerprint density at radius 1 is 1.04 bits per heavy atom. The van der Waals surface area contributed by atoms with Crippen LogP contribution in [-0.2, 0) is 19.1 Å². The third-order valence-corrected chi connectivity index (χ3v) is 9.11. The zero-order valence-corrected chi connectivity index (χ0v) is 16.6. The monoisotopic (exact) mass is 360 g/mol. The minimum absolute atomic E-state index is 0.0585. The third-order valence-electron chi connectivity index (χ3n) is 9.11. The van der Waals surface area contributed by atoms with E-state index in [1.807, 2.05) is 0 Å². The molecular weight excluding hydrogens is 328 g/mol. The Morgan fingerprint density at radius 3 is 2.46 bits per heavy atom. The number of hydrogen-bond donors (Lipinski definition) is 0. The SMILES string of the molecule is CC(=O)OC1CCC2(C)C3CCC4(C)C(=O)CCC4C3C(=O)CC2(C)C1. The summed E-state index contributed by atoms with van der Waals surface area (Å²) in [4.78, 5) is 37.3. The molecule has 4 aliphatic rings. The highest BCUT2D eigenvalue weighted by molar-refractivity contribution is 5.90. The molecule has 0 aromatic rings. The molecule has 26 heavy (non-hydrogen) atoms. The van der Waals surface area contributed by atoms with Crippen molar-refractivity contribution in [1.82, 2.24) is 0 Å². The van der Waals surface area contributed by atoms with Crippen molar-refractivity contribution in [1.29, 1.82) is 0 Å². The molecule has 0 spiro atoms. The van der Waals surface area contributed by atoms with E-state index in [4.69, 9.17) is 4.74 Å². The number of esters is 1. The van der Waals surface area contributed by atoms with Gasteiger partial charge >= 0.3 is 5.97 Å². The minimum Gasteiger partial charge on any atom is -0.463 e. The summed E-state index contributed by atoms with van der Waals surface area (Å²) in [5.74, 6) is 1.20. The van der Waals surface area contributed by atoms with Crippen LogP contribution in [-0.4, -0.2) is 23.6 Å². The van der Waals surface area contributed by atoms with Crippen molar-refractivity contribution in [3.8, 4) is 0 Å². The fourth-order valence-electron chi connectivity index (χ4n) is 7.42. The number of ketones is 2. The van der Waals surface area contributed by atoms with E-state index >= 15 is 0 Å². The molecule has 0 aromatic heterocycles. The highest BCUT2D eigenvalue weighted by Gasteiger charge is 2.66. The lowest BCUT2D eigenvalue weighted by Crippen LogP contribution is -2.61. The molecular formula is C22H32O4. The van der Waals surface area contributed by atoms with Gasteiger partial charge in [-0.15, -0.1) is 0 Å². The zero-order valence-electron chi connectivity index (χ0n) is 16.6. The van der Waals surface area contributed by atoms with E-state index < -0.39 is 0 Å². The number of rotatable bonds is 1. The van der Waals surface area contributed by atoms with E-state index in [9.17, 15) is 14.4 Å². The predicted octanol–water partition coefficient (Wildman–Crippen LogP) is 4.10. The van der Waals surface area contributed by atoms with Gasteiger partial charge in [-0.25, -0.2) is 0 Å². The van der Waals surface area contributed by atoms with Crippen molar-refractivity contribution in [3.63, 3.8) is 0 Å². The molecule has 4 saturated carbocycles. The summed E-state index contributed by atoms with van der Waals surface area (Å²) in [6.45, 7) is 8.20. The summed E-state index contributed by atoms with van der Waals surface area (Å²) in [6.07, 6.45) is 6.67. The van der Waals surface area contributed by atoms with E-state index in [0.29, 0.717) is 30.3 Å². The van der Waals surface area contributed by atoms with E-state index in [1.165, 1.54) is 6.92 Å². The molecule has 4 nitrogen and oxygen atoms in total. The standard InChI is InChI=1S/C22H32O4/c1-13(23)26-14-7-10-22(4)16-8-9-21(3)15(5-6-18(21)25)19(16)17(24)12-20(22,2)11-14/h14-16,19H,5-12H2,1-4H3. The van der Waals surface area contributed by atoms with Crippen LogP contribution in [0, 0.1) is 34.0 Å². The molecule has 4 fully saturated rings. The first-order valence-electron chi connectivity index (χ1n) is 10.3. The molecule has 0 bridgehead atoms. The lowest BCUT2D eigenvalue weighted by molar-refractivity contribution is -0.185. The first kappa shape index (κ1) is 18.2. The van der Waals surface area contributed by atoms with Crippen LogP contribution in [0.25, 0.3) is 0 Å². The lowest BCUT2D eigenvalue weighted by Gasteiger charge is -2.63. The number of fused-ring (bicyclic) bond motifs is 5. The molecule has 0 amide bonds. The molecule has 0 aromatic carbocycles. The molecule has 144 valence electrons. The van der Waals surface area contributed by atoms with E-state index in [1.54, 1.807) is 0 Å². The number of Topliss-reactive ketones (excluding diaryl/α,β-unsaturated/α-hetero) is 2. The fraction of sp³-hybridized carbons (Fsp3) is 0.864. The van der Waals surface area contributed by atoms with Gasteiger partial charge < -0.3 is 4.74 Å². The fourth-order valence-corrected chi connectivity index (χ4v) is 7.42. The van der Waals surface area contributed by atoms with Crippen molar-refractivity contribution in [3.05, 3.63) is 0 Å². The second kappa shape index (κ2) is 5.65. The Bertz CT molecular complexity index is 669. The van der Waals surface area contributed by atoms with Gasteiger partial charge in [0.15, 0.2) is 0 Å². The van der Waals surface area contributed by atoms with Crippen LogP contribution in [0.3, 0.4) is 0 Å². The lowest BCUT2D eigenvalue weighted by atomic mass is 9.40. The Morgan fingerprint density at radius 2 is 1.77 bits per heavy atom. The topological polar surface area (TPSA) is 60.4 Å². The van der Waals surface area contributed by atoms with Gasteiger partial charge in [0.2, 0.25) is 0 Å². The Kier molecular flexibility index (Phi) is 3.95. The molecule has 0 radical (unpaired) electrons.